The van der Waals surface area contributed by atoms with Gasteiger partial charge in [-0.2, -0.15) is 0 Å². The Labute approximate surface area is 118 Å². The number of carboxylic acids is 1. The Morgan fingerprint density at radius 1 is 1.50 bits per heavy atom. The average Bonchev–Trinajstić information content (AvgIpc) is 2.65. The van der Waals surface area contributed by atoms with Crippen LogP contribution < -0.4 is 0 Å². The van der Waals surface area contributed by atoms with Crippen LogP contribution in [0.3, 0.4) is 0 Å². The van der Waals surface area contributed by atoms with Gasteiger partial charge in [-0.15, -0.1) is 0 Å². The molecule has 0 saturated heterocycles. The highest BCUT2D eigenvalue weighted by molar-refractivity contribution is 9.10. The standard InChI is InChI=1S/C11H5BrN2O2S2/c12-4-1-2-6-5(3-4)7(10(15)16)8-9(13-6)18-11(17)14-8/h1-3H,(H,14,17)(H,15,16). The number of hydrogen-bond donors (Lipinski definition) is 2. The van der Waals surface area contributed by atoms with Gasteiger partial charge >= 0.3 is 5.97 Å². The fraction of sp³-hybridized carbons (Fsp3) is 0. The molecule has 3 aromatic rings. The monoisotopic (exact) mass is 340 g/mol. The molecular weight excluding hydrogens is 336 g/mol. The zero-order valence-corrected chi connectivity index (χ0v) is 11.9. The summed E-state index contributed by atoms with van der Waals surface area (Å²) >= 11 is 9.66. The number of nitrogens with one attached hydrogen (secondary N) is 1. The van der Waals surface area contributed by atoms with Crippen LogP contribution in [0.4, 0.5) is 0 Å². The Morgan fingerprint density at radius 2 is 2.28 bits per heavy atom. The van der Waals surface area contributed by atoms with E-state index < -0.39 is 5.97 Å². The molecule has 2 N–H and O–H groups in total. The van der Waals surface area contributed by atoms with Crippen LogP contribution in [0.1, 0.15) is 10.4 Å². The second kappa shape index (κ2) is 4.11. The predicted molar refractivity (Wildman–Crippen MR) is 77.0 cm³/mol. The molecule has 0 saturated carbocycles. The molecule has 0 fully saturated rings. The number of carbonyl (C=O) groups is 1. The van der Waals surface area contributed by atoms with Crippen LogP contribution in [0.5, 0.6) is 0 Å². The molecule has 0 amide bonds. The SMILES string of the molecule is O=C(O)c1c2cc(Br)ccc2nc2sc(=S)[nH]c12. The zero-order chi connectivity index (χ0) is 12.9. The Balaban J connectivity index is 2.62. The second-order valence-electron chi connectivity index (χ2n) is 3.65. The van der Waals surface area contributed by atoms with E-state index in [9.17, 15) is 9.90 Å². The minimum Gasteiger partial charge on any atom is -0.478 e. The van der Waals surface area contributed by atoms with E-state index in [4.69, 9.17) is 12.2 Å². The minimum absolute atomic E-state index is 0.212. The molecule has 7 heteroatoms. The van der Waals surface area contributed by atoms with Crippen LogP contribution in [0.2, 0.25) is 0 Å². The summed E-state index contributed by atoms with van der Waals surface area (Å²) in [6, 6.07) is 5.37. The molecule has 0 aliphatic heterocycles. The van der Waals surface area contributed by atoms with E-state index in [2.05, 4.69) is 25.9 Å². The number of carboxylic acid groups (broad SMARTS) is 1. The third-order valence-corrected chi connectivity index (χ3v) is 4.17. The number of aromatic amines is 1. The first-order valence-corrected chi connectivity index (χ1v) is 6.93. The van der Waals surface area contributed by atoms with Crippen molar-refractivity contribution in [1.29, 1.82) is 0 Å². The van der Waals surface area contributed by atoms with Crippen molar-refractivity contribution in [2.24, 2.45) is 0 Å². The van der Waals surface area contributed by atoms with E-state index in [0.29, 0.717) is 25.2 Å². The fourth-order valence-electron chi connectivity index (χ4n) is 1.84. The highest BCUT2D eigenvalue weighted by atomic mass is 79.9. The number of rotatable bonds is 1. The molecule has 3 rings (SSSR count). The molecule has 1 aromatic carbocycles. The number of H-pyrrole nitrogens is 1. The number of fused-ring (bicyclic) bond motifs is 2. The van der Waals surface area contributed by atoms with Crippen molar-refractivity contribution in [3.8, 4) is 0 Å². The van der Waals surface area contributed by atoms with Gasteiger partial charge in [0.15, 0.2) is 3.95 Å². The second-order valence-corrected chi connectivity index (χ2v) is 6.23. The van der Waals surface area contributed by atoms with Gasteiger partial charge in [0, 0.05) is 9.86 Å². The zero-order valence-electron chi connectivity index (χ0n) is 8.73. The summed E-state index contributed by atoms with van der Waals surface area (Å²) in [5.41, 5.74) is 1.35. The van der Waals surface area contributed by atoms with E-state index in [0.717, 1.165) is 4.47 Å². The number of aromatic nitrogens is 2. The fourth-order valence-corrected chi connectivity index (χ4v) is 3.27. The molecule has 0 radical (unpaired) electrons. The van der Waals surface area contributed by atoms with E-state index in [1.165, 1.54) is 11.3 Å². The van der Waals surface area contributed by atoms with Gasteiger partial charge in [-0.25, -0.2) is 9.78 Å². The molecule has 0 aliphatic carbocycles. The van der Waals surface area contributed by atoms with Gasteiger partial charge in [-0.3, -0.25) is 0 Å². The number of benzene rings is 1. The lowest BCUT2D eigenvalue weighted by molar-refractivity contribution is 0.0701. The van der Waals surface area contributed by atoms with Crippen LogP contribution in [0.15, 0.2) is 22.7 Å². The van der Waals surface area contributed by atoms with Gasteiger partial charge < -0.3 is 10.1 Å². The Morgan fingerprint density at radius 3 is 3.00 bits per heavy atom. The summed E-state index contributed by atoms with van der Waals surface area (Å²) in [5, 5.41) is 9.98. The highest BCUT2D eigenvalue weighted by Crippen LogP contribution is 2.29. The van der Waals surface area contributed by atoms with Gasteiger partial charge in [0.1, 0.15) is 4.83 Å². The molecule has 4 nitrogen and oxygen atoms in total. The summed E-state index contributed by atoms with van der Waals surface area (Å²) in [6.45, 7) is 0. The largest absolute Gasteiger partial charge is 0.478 e. The average molecular weight is 341 g/mol. The lowest BCUT2D eigenvalue weighted by Gasteiger charge is -2.04. The van der Waals surface area contributed by atoms with Crippen LogP contribution in [0, 0.1) is 3.95 Å². The van der Waals surface area contributed by atoms with E-state index >= 15 is 0 Å². The third-order valence-electron chi connectivity index (χ3n) is 2.54. The van der Waals surface area contributed by atoms with Gasteiger partial charge in [0.25, 0.3) is 0 Å². The summed E-state index contributed by atoms with van der Waals surface area (Å²) < 4.78 is 1.34. The third kappa shape index (κ3) is 1.75. The van der Waals surface area contributed by atoms with Crippen molar-refractivity contribution >= 4 is 66.7 Å². The number of halogens is 1. The van der Waals surface area contributed by atoms with Crippen molar-refractivity contribution < 1.29 is 9.90 Å². The van der Waals surface area contributed by atoms with Gasteiger partial charge in [-0.1, -0.05) is 27.3 Å². The van der Waals surface area contributed by atoms with Crippen LogP contribution in [-0.4, -0.2) is 21.0 Å². The maximum absolute atomic E-state index is 11.5. The normalized spacial score (nSPS) is 11.2. The Hall–Kier alpha value is -1.31. The number of hydrogen-bond acceptors (Lipinski definition) is 4. The molecule has 2 aromatic heterocycles. The number of nitrogens with zero attached hydrogens (tertiary/aromatic N) is 1. The van der Waals surface area contributed by atoms with Crippen molar-refractivity contribution in [3.05, 3.63) is 32.2 Å². The lowest BCUT2D eigenvalue weighted by atomic mass is 10.1. The summed E-state index contributed by atoms with van der Waals surface area (Å²) in [4.78, 5) is 19.4. The summed E-state index contributed by atoms with van der Waals surface area (Å²) in [6.07, 6.45) is 0. The summed E-state index contributed by atoms with van der Waals surface area (Å²) in [7, 11) is 0. The first-order valence-electron chi connectivity index (χ1n) is 4.91. The molecule has 0 aliphatic rings. The van der Waals surface area contributed by atoms with Gasteiger partial charge in [0.2, 0.25) is 0 Å². The van der Waals surface area contributed by atoms with Gasteiger partial charge in [-0.05, 0) is 30.4 Å². The van der Waals surface area contributed by atoms with Crippen LogP contribution >= 0.6 is 39.5 Å². The summed E-state index contributed by atoms with van der Waals surface area (Å²) in [5.74, 6) is -0.991. The minimum atomic E-state index is -0.991. The topological polar surface area (TPSA) is 66.0 Å². The van der Waals surface area contributed by atoms with Crippen molar-refractivity contribution in [1.82, 2.24) is 9.97 Å². The smallest absolute Gasteiger partial charge is 0.338 e. The van der Waals surface area contributed by atoms with Crippen LogP contribution in [-0.2, 0) is 0 Å². The number of pyridine rings is 1. The van der Waals surface area contributed by atoms with Crippen molar-refractivity contribution in [2.45, 2.75) is 0 Å². The molecule has 0 spiro atoms. The molecule has 0 unspecified atom stereocenters. The van der Waals surface area contributed by atoms with E-state index in [1.807, 2.05) is 6.07 Å². The number of aromatic carboxylic acids is 1. The molecule has 0 atom stereocenters. The van der Waals surface area contributed by atoms with Gasteiger partial charge in [0.05, 0.1) is 16.6 Å². The van der Waals surface area contributed by atoms with Crippen molar-refractivity contribution in [3.63, 3.8) is 0 Å². The first-order chi connectivity index (χ1) is 8.56. The highest BCUT2D eigenvalue weighted by Gasteiger charge is 2.17. The predicted octanol–water partition coefficient (Wildman–Crippen LogP) is 3.97. The number of thiazole rings is 1. The molecular formula is C11H5BrN2O2S2. The molecule has 2 heterocycles. The van der Waals surface area contributed by atoms with E-state index in [-0.39, 0.29) is 5.56 Å². The molecule has 18 heavy (non-hydrogen) atoms. The Kier molecular flexibility index (Phi) is 2.69. The first kappa shape index (κ1) is 11.8. The van der Waals surface area contributed by atoms with Crippen molar-refractivity contribution in [2.75, 3.05) is 0 Å². The van der Waals surface area contributed by atoms with Crippen LogP contribution in [0.25, 0.3) is 21.3 Å². The molecule has 90 valence electrons. The Bertz CT molecular complexity index is 853. The quantitative estimate of drug-likeness (QED) is 0.658. The lowest BCUT2D eigenvalue weighted by Crippen LogP contribution is -2.00. The maximum atomic E-state index is 11.5. The molecule has 0 bridgehead atoms. The maximum Gasteiger partial charge on any atom is 0.338 e. The van der Waals surface area contributed by atoms with E-state index in [1.54, 1.807) is 12.1 Å².